The molecule has 1 aromatic heterocycles. The van der Waals surface area contributed by atoms with Gasteiger partial charge in [0.15, 0.2) is 11.6 Å². The Morgan fingerprint density at radius 1 is 1.00 bits per heavy atom. The number of ketones is 1. The van der Waals surface area contributed by atoms with E-state index in [-0.39, 0.29) is 23.3 Å². The Morgan fingerprint density at radius 2 is 1.68 bits per heavy atom. The molecular formula is C31H37F2N3O2. The van der Waals surface area contributed by atoms with Crippen molar-refractivity contribution in [3.63, 3.8) is 0 Å². The zero-order valence-corrected chi connectivity index (χ0v) is 21.8. The lowest BCUT2D eigenvalue weighted by Gasteiger charge is -2.60. The first-order valence-electron chi connectivity index (χ1n) is 14.2. The molecule has 3 unspecified atom stereocenters. The van der Waals surface area contributed by atoms with Crippen LogP contribution in [0.3, 0.4) is 0 Å². The number of hydrogen-bond acceptors (Lipinski definition) is 4. The van der Waals surface area contributed by atoms with Crippen molar-refractivity contribution in [3.8, 4) is 0 Å². The van der Waals surface area contributed by atoms with Gasteiger partial charge in [0, 0.05) is 36.8 Å². The Kier molecular flexibility index (Phi) is 6.61. The summed E-state index contributed by atoms with van der Waals surface area (Å²) >= 11 is 0. The van der Waals surface area contributed by atoms with Crippen molar-refractivity contribution < 1.29 is 18.4 Å². The van der Waals surface area contributed by atoms with Crippen LogP contribution in [0.4, 0.5) is 8.78 Å². The molecule has 0 spiro atoms. The summed E-state index contributed by atoms with van der Waals surface area (Å²) in [5.41, 5.74) is 7.30. The molecule has 202 valence electrons. The predicted octanol–water partition coefficient (Wildman–Crippen LogP) is 4.87. The molecule has 5 aliphatic rings. The number of halogens is 2. The standard InChI is InChI=1S/C31H37F2N3O2/c32-24-4-3-23(14-25(24)33)31(7-1-2-8-31)29(38)36-18-26(34)28-21-11-20-12-22(28)17-30(15-20,16-21)27(37)13-19-5-9-35-10-6-19/h3-6,9-10,14,20-22,26,28H,1-2,7-8,11-13,15-18,34H2,(H,36,38). The molecule has 0 saturated heterocycles. The highest BCUT2D eigenvalue weighted by Gasteiger charge is 2.58. The Labute approximate surface area is 223 Å². The molecule has 1 amide bonds. The van der Waals surface area contributed by atoms with E-state index in [4.69, 9.17) is 5.73 Å². The van der Waals surface area contributed by atoms with Gasteiger partial charge < -0.3 is 11.1 Å². The van der Waals surface area contributed by atoms with Gasteiger partial charge in [-0.1, -0.05) is 18.9 Å². The van der Waals surface area contributed by atoms with E-state index in [9.17, 15) is 18.4 Å². The number of carbonyl (C=O) groups is 2. The molecule has 4 bridgehead atoms. The van der Waals surface area contributed by atoms with Gasteiger partial charge in [0.25, 0.3) is 0 Å². The van der Waals surface area contributed by atoms with Crippen molar-refractivity contribution in [3.05, 3.63) is 65.5 Å². The first-order chi connectivity index (χ1) is 18.3. The fourth-order valence-electron chi connectivity index (χ4n) is 8.91. The van der Waals surface area contributed by atoms with Crippen LogP contribution in [-0.4, -0.2) is 29.3 Å². The van der Waals surface area contributed by atoms with E-state index >= 15 is 0 Å². The van der Waals surface area contributed by atoms with Crippen molar-refractivity contribution >= 4 is 11.7 Å². The fraction of sp³-hybridized carbons (Fsp3) is 0.581. The van der Waals surface area contributed by atoms with Crippen LogP contribution in [0.1, 0.15) is 68.9 Å². The van der Waals surface area contributed by atoms with E-state index in [1.165, 1.54) is 6.07 Å². The number of Topliss-reactive ketones (excluding diaryl/α,β-unsaturated/α-hetero) is 1. The van der Waals surface area contributed by atoms with Crippen LogP contribution in [-0.2, 0) is 21.4 Å². The van der Waals surface area contributed by atoms with Crippen LogP contribution >= 0.6 is 0 Å². The third-order valence-corrected chi connectivity index (χ3v) is 10.4. The van der Waals surface area contributed by atoms with Crippen molar-refractivity contribution in [1.82, 2.24) is 10.3 Å². The Balaban J connectivity index is 1.13. The van der Waals surface area contributed by atoms with Crippen LogP contribution in [0.2, 0.25) is 0 Å². The number of benzene rings is 1. The predicted molar refractivity (Wildman–Crippen MR) is 140 cm³/mol. The second-order valence-electron chi connectivity index (χ2n) is 12.6. The maximum absolute atomic E-state index is 14.0. The summed E-state index contributed by atoms with van der Waals surface area (Å²) in [6.07, 6.45) is 12.0. The van der Waals surface area contributed by atoms with E-state index in [1.807, 2.05) is 12.1 Å². The molecule has 1 aromatic carbocycles. The topological polar surface area (TPSA) is 85.1 Å². The van der Waals surface area contributed by atoms with Crippen LogP contribution in [0.25, 0.3) is 0 Å². The summed E-state index contributed by atoms with van der Waals surface area (Å²) in [4.78, 5) is 31.2. The zero-order chi connectivity index (χ0) is 26.5. The molecule has 38 heavy (non-hydrogen) atoms. The lowest BCUT2D eigenvalue weighted by Crippen LogP contribution is -2.60. The van der Waals surface area contributed by atoms with E-state index in [2.05, 4.69) is 10.3 Å². The molecular weight excluding hydrogens is 484 g/mol. The van der Waals surface area contributed by atoms with Gasteiger partial charge in [0.2, 0.25) is 5.91 Å². The first-order valence-corrected chi connectivity index (χ1v) is 14.2. The monoisotopic (exact) mass is 521 g/mol. The summed E-state index contributed by atoms with van der Waals surface area (Å²) in [6, 6.07) is 7.51. The number of nitrogens with two attached hydrogens (primary N) is 1. The van der Waals surface area contributed by atoms with Crippen molar-refractivity contribution in [2.45, 2.75) is 75.7 Å². The summed E-state index contributed by atoms with van der Waals surface area (Å²) < 4.78 is 27.6. The minimum Gasteiger partial charge on any atom is -0.354 e. The normalized spacial score (nSPS) is 31.8. The molecule has 7 rings (SSSR count). The van der Waals surface area contributed by atoms with E-state index in [0.29, 0.717) is 54.9 Å². The smallest absolute Gasteiger partial charge is 0.230 e. The molecule has 0 aliphatic heterocycles. The lowest BCUT2D eigenvalue weighted by molar-refractivity contribution is -0.151. The Bertz CT molecular complexity index is 1200. The average Bonchev–Trinajstić information content (AvgIpc) is 3.40. The molecule has 5 nitrogen and oxygen atoms in total. The van der Waals surface area contributed by atoms with Crippen LogP contribution in [0.15, 0.2) is 42.7 Å². The summed E-state index contributed by atoms with van der Waals surface area (Å²) in [5.74, 6) is 0.0887. The van der Waals surface area contributed by atoms with Crippen LogP contribution in [0, 0.1) is 40.7 Å². The molecule has 0 radical (unpaired) electrons. The number of pyridine rings is 1. The van der Waals surface area contributed by atoms with Gasteiger partial charge in [0.05, 0.1) is 5.41 Å². The number of rotatable bonds is 8. The average molecular weight is 522 g/mol. The number of amides is 1. The number of nitrogens with one attached hydrogen (secondary N) is 1. The highest BCUT2D eigenvalue weighted by atomic mass is 19.2. The van der Waals surface area contributed by atoms with Gasteiger partial charge in [-0.05, 0) is 104 Å². The molecule has 5 aliphatic carbocycles. The van der Waals surface area contributed by atoms with E-state index < -0.39 is 17.0 Å². The third-order valence-electron chi connectivity index (χ3n) is 10.4. The quantitative estimate of drug-likeness (QED) is 0.519. The van der Waals surface area contributed by atoms with Gasteiger partial charge in [0.1, 0.15) is 5.78 Å². The second-order valence-corrected chi connectivity index (χ2v) is 12.6. The molecule has 3 N–H and O–H groups in total. The molecule has 2 aromatic rings. The Morgan fingerprint density at radius 3 is 2.34 bits per heavy atom. The van der Waals surface area contributed by atoms with Crippen LogP contribution < -0.4 is 11.1 Å². The Hall–Kier alpha value is -2.67. The minimum absolute atomic E-state index is 0.135. The van der Waals surface area contributed by atoms with Gasteiger partial charge in [-0.25, -0.2) is 8.78 Å². The SMILES string of the molecule is NC(CNC(=O)C1(c2ccc(F)c(F)c2)CCCC1)C1C2CC3CC1CC(C(=O)Cc1ccncc1)(C3)C2. The van der Waals surface area contributed by atoms with Crippen LogP contribution in [0.5, 0.6) is 0 Å². The largest absolute Gasteiger partial charge is 0.354 e. The first kappa shape index (κ1) is 25.6. The zero-order valence-electron chi connectivity index (χ0n) is 21.8. The number of hydrogen-bond donors (Lipinski definition) is 2. The van der Waals surface area contributed by atoms with E-state index in [0.717, 1.165) is 56.6 Å². The second kappa shape index (κ2) is 9.82. The maximum Gasteiger partial charge on any atom is 0.230 e. The highest BCUT2D eigenvalue weighted by molar-refractivity contribution is 5.89. The fourth-order valence-corrected chi connectivity index (χ4v) is 8.91. The third kappa shape index (κ3) is 4.37. The summed E-state index contributed by atoms with van der Waals surface area (Å²) in [6.45, 7) is 0.366. The highest BCUT2D eigenvalue weighted by Crippen LogP contribution is 2.63. The van der Waals surface area contributed by atoms with Crippen molar-refractivity contribution in [2.75, 3.05) is 6.54 Å². The summed E-state index contributed by atoms with van der Waals surface area (Å²) in [7, 11) is 0. The van der Waals surface area contributed by atoms with Gasteiger partial charge >= 0.3 is 0 Å². The maximum atomic E-state index is 14.0. The van der Waals surface area contributed by atoms with Gasteiger partial charge in [-0.2, -0.15) is 0 Å². The lowest BCUT2D eigenvalue weighted by atomic mass is 9.44. The summed E-state index contributed by atoms with van der Waals surface area (Å²) in [5, 5.41) is 3.12. The van der Waals surface area contributed by atoms with Gasteiger partial charge in [-0.3, -0.25) is 14.6 Å². The van der Waals surface area contributed by atoms with Gasteiger partial charge in [-0.15, -0.1) is 0 Å². The van der Waals surface area contributed by atoms with Crippen molar-refractivity contribution in [2.24, 2.45) is 34.8 Å². The molecule has 5 fully saturated rings. The number of aromatic nitrogens is 1. The molecule has 5 saturated carbocycles. The number of nitrogens with zero attached hydrogens (tertiary/aromatic N) is 1. The number of carbonyl (C=O) groups excluding carboxylic acids is 2. The van der Waals surface area contributed by atoms with E-state index in [1.54, 1.807) is 18.5 Å². The minimum atomic E-state index is -0.917. The molecule has 7 heteroatoms. The van der Waals surface area contributed by atoms with Crippen molar-refractivity contribution in [1.29, 1.82) is 0 Å². The molecule has 3 atom stereocenters. The molecule has 1 heterocycles.